The van der Waals surface area contributed by atoms with Crippen LogP contribution in [0.2, 0.25) is 0 Å². The molecule has 1 heteroatoms. The molecule has 102 valence electrons. The molecule has 0 N–H and O–H groups in total. The monoisotopic (exact) mass is 263 g/mol. The quantitative estimate of drug-likeness (QED) is 0.736. The van der Waals surface area contributed by atoms with Crippen LogP contribution in [0.25, 0.3) is 5.57 Å². The number of benzene rings is 1. The number of allylic oxidation sites excluding steroid dienone is 6. The summed E-state index contributed by atoms with van der Waals surface area (Å²) in [6.07, 6.45) is 6.66. The molecule has 0 saturated heterocycles. The fourth-order valence-corrected chi connectivity index (χ4v) is 2.98. The van der Waals surface area contributed by atoms with E-state index in [9.17, 15) is 0 Å². The van der Waals surface area contributed by atoms with Crippen molar-refractivity contribution in [2.45, 2.75) is 40.5 Å². The van der Waals surface area contributed by atoms with Crippen molar-refractivity contribution in [3.63, 3.8) is 0 Å². The number of hydrogen-bond acceptors (Lipinski definition) is 1. The van der Waals surface area contributed by atoms with Gasteiger partial charge in [0.2, 0.25) is 0 Å². The largest absolute Gasteiger partial charge is 0.253 e. The van der Waals surface area contributed by atoms with Crippen molar-refractivity contribution < 1.29 is 0 Å². The van der Waals surface area contributed by atoms with E-state index in [0.29, 0.717) is 0 Å². The second-order valence-electron chi connectivity index (χ2n) is 5.65. The summed E-state index contributed by atoms with van der Waals surface area (Å²) in [4.78, 5) is 4.64. The van der Waals surface area contributed by atoms with Crippen LogP contribution in [0.1, 0.15) is 44.4 Å². The number of aliphatic imine (C=N–C) groups is 1. The molecule has 0 fully saturated rings. The van der Waals surface area contributed by atoms with Gasteiger partial charge >= 0.3 is 0 Å². The Bertz CT molecular complexity index is 674. The minimum atomic E-state index is 1.09. The van der Waals surface area contributed by atoms with Crippen LogP contribution in [0.5, 0.6) is 0 Å². The third kappa shape index (κ3) is 2.07. The first kappa shape index (κ1) is 13.1. The van der Waals surface area contributed by atoms with E-state index >= 15 is 0 Å². The minimum absolute atomic E-state index is 1.09. The molecule has 0 bridgehead atoms. The number of fused-ring (bicyclic) bond motifs is 1. The highest BCUT2D eigenvalue weighted by molar-refractivity contribution is 6.25. The van der Waals surface area contributed by atoms with Gasteiger partial charge in [-0.15, -0.1) is 0 Å². The normalized spacial score (nSPS) is 17.1. The fourth-order valence-electron chi connectivity index (χ4n) is 2.98. The van der Waals surface area contributed by atoms with Crippen molar-refractivity contribution in [2.75, 3.05) is 0 Å². The van der Waals surface area contributed by atoms with Gasteiger partial charge in [0.1, 0.15) is 0 Å². The summed E-state index contributed by atoms with van der Waals surface area (Å²) in [6, 6.07) is 6.98. The molecular formula is C19H21N. The Morgan fingerprint density at radius 3 is 2.10 bits per heavy atom. The molecule has 1 aromatic carbocycles. The number of nitrogens with zero attached hydrogens (tertiary/aromatic N) is 1. The molecular weight excluding hydrogens is 242 g/mol. The molecule has 1 aliphatic carbocycles. The Labute approximate surface area is 121 Å². The molecule has 0 atom stereocenters. The van der Waals surface area contributed by atoms with Crippen LogP contribution >= 0.6 is 0 Å². The molecule has 0 amide bonds. The smallest absolute Gasteiger partial charge is 0.0741 e. The van der Waals surface area contributed by atoms with Crippen LogP contribution in [-0.4, -0.2) is 5.71 Å². The minimum Gasteiger partial charge on any atom is -0.253 e. The Morgan fingerprint density at radius 2 is 1.50 bits per heavy atom. The molecule has 0 aromatic heterocycles. The Hall–Kier alpha value is -1.89. The zero-order chi connectivity index (χ0) is 14.3. The lowest BCUT2D eigenvalue weighted by atomic mass is 9.96. The van der Waals surface area contributed by atoms with E-state index in [1.165, 1.54) is 33.4 Å². The van der Waals surface area contributed by atoms with Gasteiger partial charge < -0.3 is 0 Å². The summed E-state index contributed by atoms with van der Waals surface area (Å²) < 4.78 is 0. The van der Waals surface area contributed by atoms with Crippen LogP contribution in [-0.2, 0) is 12.8 Å². The molecule has 1 aromatic rings. The van der Waals surface area contributed by atoms with E-state index in [-0.39, 0.29) is 0 Å². The van der Waals surface area contributed by atoms with Crippen molar-refractivity contribution in [3.8, 4) is 0 Å². The lowest BCUT2D eigenvalue weighted by Gasteiger charge is -2.09. The maximum Gasteiger partial charge on any atom is 0.0741 e. The van der Waals surface area contributed by atoms with Crippen LogP contribution in [0.4, 0.5) is 0 Å². The molecule has 1 nitrogen and oxygen atoms in total. The molecule has 0 radical (unpaired) electrons. The molecule has 0 saturated carbocycles. The van der Waals surface area contributed by atoms with Crippen LogP contribution < -0.4 is 0 Å². The Balaban J connectivity index is 2.16. The highest BCUT2D eigenvalue weighted by Gasteiger charge is 2.24. The van der Waals surface area contributed by atoms with Crippen molar-refractivity contribution in [1.29, 1.82) is 0 Å². The summed E-state index contributed by atoms with van der Waals surface area (Å²) in [5.41, 5.74) is 10.4. The van der Waals surface area contributed by atoms with Crippen LogP contribution in [0.3, 0.4) is 0 Å². The first-order valence-corrected chi connectivity index (χ1v) is 7.46. The zero-order valence-corrected chi connectivity index (χ0v) is 12.7. The highest BCUT2D eigenvalue weighted by atomic mass is 14.8. The molecule has 2 aliphatic rings. The summed E-state index contributed by atoms with van der Waals surface area (Å²) in [6.45, 7) is 8.67. The summed E-state index contributed by atoms with van der Waals surface area (Å²) >= 11 is 0. The molecule has 1 heterocycles. The van der Waals surface area contributed by atoms with E-state index in [1.807, 2.05) is 0 Å². The predicted octanol–water partition coefficient (Wildman–Crippen LogP) is 4.88. The maximum atomic E-state index is 4.64. The van der Waals surface area contributed by atoms with Crippen molar-refractivity contribution in [1.82, 2.24) is 0 Å². The third-order valence-corrected chi connectivity index (χ3v) is 4.10. The standard InChI is InChI=1S/C19H21N/c1-5-14-9-15(6-2)11-16(10-14)17-7-12(3)19-18(17)8-13(4)20-19/h7-11H,5-6H2,1-4H3. The fraction of sp³-hybridized carbons (Fsp3) is 0.316. The van der Waals surface area contributed by atoms with E-state index in [1.54, 1.807) is 0 Å². The van der Waals surface area contributed by atoms with Gasteiger partial charge in [-0.1, -0.05) is 32.0 Å². The van der Waals surface area contributed by atoms with Gasteiger partial charge in [-0.25, -0.2) is 0 Å². The topological polar surface area (TPSA) is 12.4 Å². The van der Waals surface area contributed by atoms with Gasteiger partial charge in [-0.2, -0.15) is 0 Å². The van der Waals surface area contributed by atoms with Crippen molar-refractivity contribution in [2.24, 2.45) is 4.99 Å². The van der Waals surface area contributed by atoms with Crippen LogP contribution in [0.15, 0.2) is 52.2 Å². The predicted molar refractivity (Wildman–Crippen MR) is 87.1 cm³/mol. The first-order chi connectivity index (χ1) is 9.62. The average molecular weight is 263 g/mol. The summed E-state index contributed by atoms with van der Waals surface area (Å²) in [7, 11) is 0. The number of hydrogen-bond donors (Lipinski definition) is 0. The zero-order valence-electron chi connectivity index (χ0n) is 12.7. The van der Waals surface area contributed by atoms with Gasteiger partial charge in [0.25, 0.3) is 0 Å². The van der Waals surface area contributed by atoms with Crippen molar-refractivity contribution >= 4 is 11.3 Å². The summed E-state index contributed by atoms with van der Waals surface area (Å²) in [5.74, 6) is 0. The van der Waals surface area contributed by atoms with Gasteiger partial charge in [0.05, 0.1) is 5.71 Å². The van der Waals surface area contributed by atoms with Crippen molar-refractivity contribution in [3.05, 3.63) is 63.9 Å². The Morgan fingerprint density at radius 1 is 0.850 bits per heavy atom. The number of rotatable bonds is 3. The lowest BCUT2D eigenvalue weighted by molar-refractivity contribution is 1.08. The third-order valence-electron chi connectivity index (χ3n) is 4.10. The van der Waals surface area contributed by atoms with E-state index < -0.39 is 0 Å². The van der Waals surface area contributed by atoms with Gasteiger partial charge in [0.15, 0.2) is 0 Å². The lowest BCUT2D eigenvalue weighted by Crippen LogP contribution is -1.95. The second-order valence-corrected chi connectivity index (χ2v) is 5.65. The number of aryl methyl sites for hydroxylation is 2. The van der Waals surface area contributed by atoms with Gasteiger partial charge in [-0.05, 0) is 66.7 Å². The molecule has 0 spiro atoms. The van der Waals surface area contributed by atoms with Crippen LogP contribution in [0, 0.1) is 0 Å². The maximum absolute atomic E-state index is 4.64. The summed E-state index contributed by atoms with van der Waals surface area (Å²) in [5, 5.41) is 0. The van der Waals surface area contributed by atoms with E-state index in [0.717, 1.165) is 24.3 Å². The van der Waals surface area contributed by atoms with E-state index in [2.05, 4.69) is 63.0 Å². The van der Waals surface area contributed by atoms with Gasteiger partial charge in [0, 0.05) is 11.3 Å². The molecule has 20 heavy (non-hydrogen) atoms. The molecule has 1 aliphatic heterocycles. The highest BCUT2D eigenvalue weighted by Crippen LogP contribution is 2.36. The second kappa shape index (κ2) is 4.90. The first-order valence-electron chi connectivity index (χ1n) is 7.46. The molecule has 0 unspecified atom stereocenters. The average Bonchev–Trinajstić information content (AvgIpc) is 2.97. The Kier molecular flexibility index (Phi) is 3.21. The van der Waals surface area contributed by atoms with E-state index in [4.69, 9.17) is 0 Å². The van der Waals surface area contributed by atoms with Gasteiger partial charge in [-0.3, -0.25) is 4.99 Å². The SMILES string of the molecule is CCc1cc(CC)cc(C2=C3C=C(C)N=C3C(C)=C2)c1. The molecule has 3 rings (SSSR count).